The van der Waals surface area contributed by atoms with Crippen molar-refractivity contribution >= 4 is 33.2 Å². The first-order valence-electron chi connectivity index (χ1n) is 6.37. The Kier molecular flexibility index (Phi) is 6.75. The fraction of sp³-hybridized carbons (Fsp3) is 0.538. The van der Waals surface area contributed by atoms with Gasteiger partial charge in [0.25, 0.3) is 0 Å². The second-order valence-corrected chi connectivity index (χ2v) is 7.76. The van der Waals surface area contributed by atoms with Crippen molar-refractivity contribution in [2.24, 2.45) is 11.7 Å². The lowest BCUT2D eigenvalue weighted by Crippen LogP contribution is -2.41. The molecule has 4 nitrogen and oxygen atoms in total. The number of halogens is 2. The molecular formula is C13H20Cl2N2O2S. The van der Waals surface area contributed by atoms with Gasteiger partial charge in [0.2, 0.25) is 10.0 Å². The SMILES string of the molecule is CC(C)CC(CN)NS(=O)(=O)Cc1ccc(Cl)c(Cl)c1. The summed E-state index contributed by atoms with van der Waals surface area (Å²) in [7, 11) is -3.45. The summed E-state index contributed by atoms with van der Waals surface area (Å²) in [6, 6.07) is 4.54. The Hall–Kier alpha value is -0.330. The molecule has 0 aromatic heterocycles. The number of benzene rings is 1. The molecule has 0 aliphatic heterocycles. The monoisotopic (exact) mass is 338 g/mol. The highest BCUT2D eigenvalue weighted by Gasteiger charge is 2.18. The van der Waals surface area contributed by atoms with Crippen LogP contribution < -0.4 is 10.5 Å². The molecule has 3 N–H and O–H groups in total. The van der Waals surface area contributed by atoms with Crippen molar-refractivity contribution in [3.63, 3.8) is 0 Å². The molecule has 0 heterocycles. The van der Waals surface area contributed by atoms with Crippen LogP contribution in [0.1, 0.15) is 25.8 Å². The molecular weight excluding hydrogens is 319 g/mol. The van der Waals surface area contributed by atoms with Gasteiger partial charge >= 0.3 is 0 Å². The van der Waals surface area contributed by atoms with Gasteiger partial charge in [-0.3, -0.25) is 0 Å². The summed E-state index contributed by atoms with van der Waals surface area (Å²) in [6.07, 6.45) is 0.705. The summed E-state index contributed by atoms with van der Waals surface area (Å²) in [5.74, 6) is 0.231. The van der Waals surface area contributed by atoms with E-state index in [1.807, 2.05) is 13.8 Å². The fourth-order valence-electron chi connectivity index (χ4n) is 1.91. The standard InChI is InChI=1S/C13H20Cl2N2O2S/c1-9(2)5-11(7-16)17-20(18,19)8-10-3-4-12(14)13(15)6-10/h3-4,6,9,11,17H,5,7-8,16H2,1-2H3. The molecule has 20 heavy (non-hydrogen) atoms. The van der Waals surface area contributed by atoms with E-state index in [1.165, 1.54) is 0 Å². The lowest BCUT2D eigenvalue weighted by atomic mass is 10.1. The van der Waals surface area contributed by atoms with E-state index in [2.05, 4.69) is 4.72 Å². The number of hydrogen-bond acceptors (Lipinski definition) is 3. The smallest absolute Gasteiger partial charge is 0.216 e. The molecule has 0 spiro atoms. The van der Waals surface area contributed by atoms with Crippen molar-refractivity contribution in [3.8, 4) is 0 Å². The average molecular weight is 339 g/mol. The largest absolute Gasteiger partial charge is 0.329 e. The minimum Gasteiger partial charge on any atom is -0.329 e. The van der Waals surface area contributed by atoms with Crippen molar-refractivity contribution in [2.45, 2.75) is 32.1 Å². The molecule has 1 aromatic rings. The third kappa shape index (κ3) is 5.97. The van der Waals surface area contributed by atoms with Gasteiger partial charge in [0.05, 0.1) is 15.8 Å². The molecule has 1 unspecified atom stereocenters. The first-order valence-corrected chi connectivity index (χ1v) is 8.78. The zero-order valence-electron chi connectivity index (χ0n) is 11.6. The van der Waals surface area contributed by atoms with Gasteiger partial charge in [-0.05, 0) is 30.0 Å². The van der Waals surface area contributed by atoms with Crippen LogP contribution in [-0.2, 0) is 15.8 Å². The van der Waals surface area contributed by atoms with Crippen molar-refractivity contribution < 1.29 is 8.42 Å². The minimum absolute atomic E-state index is 0.140. The van der Waals surface area contributed by atoms with E-state index in [9.17, 15) is 8.42 Å². The highest BCUT2D eigenvalue weighted by Crippen LogP contribution is 2.23. The van der Waals surface area contributed by atoms with E-state index < -0.39 is 10.0 Å². The molecule has 1 aromatic carbocycles. The van der Waals surface area contributed by atoms with E-state index in [4.69, 9.17) is 28.9 Å². The number of hydrogen-bond donors (Lipinski definition) is 2. The predicted molar refractivity (Wildman–Crippen MR) is 84.5 cm³/mol. The Morgan fingerprint density at radius 3 is 2.40 bits per heavy atom. The summed E-state index contributed by atoms with van der Waals surface area (Å²) in [5.41, 5.74) is 6.19. The van der Waals surface area contributed by atoms with Crippen LogP contribution in [0.3, 0.4) is 0 Å². The van der Waals surface area contributed by atoms with Gasteiger partial charge in [-0.2, -0.15) is 0 Å². The topological polar surface area (TPSA) is 72.2 Å². The van der Waals surface area contributed by atoms with E-state index in [1.54, 1.807) is 18.2 Å². The highest BCUT2D eigenvalue weighted by atomic mass is 35.5. The summed E-state index contributed by atoms with van der Waals surface area (Å²) in [6.45, 7) is 4.32. The number of nitrogens with two attached hydrogens (primary N) is 1. The molecule has 0 aliphatic carbocycles. The lowest BCUT2D eigenvalue weighted by Gasteiger charge is -2.18. The molecule has 0 amide bonds. The molecule has 0 fully saturated rings. The zero-order chi connectivity index (χ0) is 15.3. The van der Waals surface area contributed by atoms with Crippen LogP contribution in [0.2, 0.25) is 10.0 Å². The van der Waals surface area contributed by atoms with Crippen LogP contribution in [0.15, 0.2) is 18.2 Å². The molecule has 1 atom stereocenters. The molecule has 1 rings (SSSR count). The van der Waals surface area contributed by atoms with Crippen LogP contribution in [0, 0.1) is 5.92 Å². The van der Waals surface area contributed by atoms with Gasteiger partial charge in [0, 0.05) is 12.6 Å². The second-order valence-electron chi connectivity index (χ2n) is 5.19. The summed E-state index contributed by atoms with van der Waals surface area (Å²) in [5, 5.41) is 0.748. The molecule has 0 aliphatic rings. The molecule has 7 heteroatoms. The Balaban J connectivity index is 2.75. The summed E-state index contributed by atoms with van der Waals surface area (Å²) >= 11 is 11.7. The molecule has 114 valence electrons. The van der Waals surface area contributed by atoms with Crippen molar-refractivity contribution in [1.82, 2.24) is 4.72 Å². The van der Waals surface area contributed by atoms with E-state index in [0.29, 0.717) is 27.9 Å². The van der Waals surface area contributed by atoms with E-state index in [0.717, 1.165) is 0 Å². The van der Waals surface area contributed by atoms with Crippen molar-refractivity contribution in [2.75, 3.05) is 6.54 Å². The van der Waals surface area contributed by atoms with Crippen LogP contribution >= 0.6 is 23.2 Å². The minimum atomic E-state index is -3.45. The van der Waals surface area contributed by atoms with Gasteiger partial charge in [-0.1, -0.05) is 43.1 Å². The van der Waals surface area contributed by atoms with Gasteiger partial charge in [0.1, 0.15) is 0 Å². The summed E-state index contributed by atoms with van der Waals surface area (Å²) < 4.78 is 26.8. The van der Waals surface area contributed by atoms with Crippen LogP contribution in [0.25, 0.3) is 0 Å². The Morgan fingerprint density at radius 2 is 1.90 bits per heavy atom. The van der Waals surface area contributed by atoms with Gasteiger partial charge in [-0.15, -0.1) is 0 Å². The van der Waals surface area contributed by atoms with Gasteiger partial charge < -0.3 is 5.73 Å². The zero-order valence-corrected chi connectivity index (χ0v) is 13.9. The van der Waals surface area contributed by atoms with Crippen LogP contribution in [-0.4, -0.2) is 21.0 Å². The van der Waals surface area contributed by atoms with Crippen molar-refractivity contribution in [1.29, 1.82) is 0 Å². The molecule has 0 saturated carbocycles. The Bertz CT molecular complexity index is 547. The highest BCUT2D eigenvalue weighted by molar-refractivity contribution is 7.88. The quantitative estimate of drug-likeness (QED) is 0.802. The van der Waals surface area contributed by atoms with Gasteiger partial charge in [0.15, 0.2) is 0 Å². The maximum atomic E-state index is 12.1. The normalized spacial score (nSPS) is 13.7. The number of nitrogens with one attached hydrogen (secondary N) is 1. The van der Waals surface area contributed by atoms with Crippen LogP contribution in [0.4, 0.5) is 0 Å². The van der Waals surface area contributed by atoms with E-state index >= 15 is 0 Å². The molecule has 0 saturated heterocycles. The molecule has 0 bridgehead atoms. The third-order valence-electron chi connectivity index (χ3n) is 2.73. The molecule has 0 radical (unpaired) electrons. The maximum Gasteiger partial charge on any atom is 0.216 e. The second kappa shape index (κ2) is 7.61. The Labute approximate surface area is 130 Å². The number of sulfonamides is 1. The van der Waals surface area contributed by atoms with E-state index in [-0.39, 0.29) is 18.3 Å². The summed E-state index contributed by atoms with van der Waals surface area (Å²) in [4.78, 5) is 0. The fourth-order valence-corrected chi connectivity index (χ4v) is 3.63. The van der Waals surface area contributed by atoms with Crippen LogP contribution in [0.5, 0.6) is 0 Å². The van der Waals surface area contributed by atoms with Gasteiger partial charge in [-0.25, -0.2) is 13.1 Å². The average Bonchev–Trinajstić information content (AvgIpc) is 2.31. The number of rotatable bonds is 7. The lowest BCUT2D eigenvalue weighted by molar-refractivity contribution is 0.465. The third-order valence-corrected chi connectivity index (χ3v) is 4.87. The first-order chi connectivity index (χ1) is 9.23. The maximum absolute atomic E-state index is 12.1. The van der Waals surface area contributed by atoms with Crippen molar-refractivity contribution in [3.05, 3.63) is 33.8 Å². The Morgan fingerprint density at radius 1 is 1.25 bits per heavy atom. The predicted octanol–water partition coefficient (Wildman–Crippen LogP) is 2.79. The first kappa shape index (κ1) is 17.7.